The van der Waals surface area contributed by atoms with Crippen LogP contribution in [-0.4, -0.2) is 36.0 Å². The van der Waals surface area contributed by atoms with Gasteiger partial charge < -0.3 is 10.3 Å². The number of nitrogens with two attached hydrogens (primary N) is 1. The van der Waals surface area contributed by atoms with Crippen molar-refractivity contribution >= 4 is 45.1 Å². The number of hydrogen-bond donors (Lipinski definition) is 1. The average Bonchev–Trinajstić information content (AvgIpc) is 3.68. The summed E-state index contributed by atoms with van der Waals surface area (Å²) < 4.78 is 4.10. The summed E-state index contributed by atoms with van der Waals surface area (Å²) in [6.45, 7) is 0.704. The molecule has 0 amide bonds. The Morgan fingerprint density at radius 2 is 1.65 bits per heavy atom. The lowest BCUT2D eigenvalue weighted by Gasteiger charge is -2.28. The molecule has 46 heavy (non-hydrogen) atoms. The van der Waals surface area contributed by atoms with Gasteiger partial charge in [0.1, 0.15) is 28.5 Å². The zero-order valence-electron chi connectivity index (χ0n) is 25.2. The van der Waals surface area contributed by atoms with Crippen LogP contribution in [0.25, 0.3) is 49.7 Å². The minimum absolute atomic E-state index is 0.252. The number of hydrogen-bond acceptors (Lipinski definition) is 6. The Morgan fingerprint density at radius 1 is 0.870 bits per heavy atom. The van der Waals surface area contributed by atoms with E-state index < -0.39 is 5.78 Å². The number of benzene rings is 3. The molecule has 226 valence electrons. The minimum atomic E-state index is -0.474. The monoisotopic (exact) mass is 604 g/mol. The number of rotatable bonds is 7. The normalized spacial score (nSPS) is 16.7. The van der Waals surface area contributed by atoms with E-state index in [1.165, 1.54) is 0 Å². The number of pyridine rings is 1. The van der Waals surface area contributed by atoms with Crippen molar-refractivity contribution in [2.24, 2.45) is 5.92 Å². The van der Waals surface area contributed by atoms with Crippen LogP contribution in [0.4, 0.5) is 5.82 Å². The standard InChI is InChI=1S/C38H32N6O2/c39-37-36-34(28-15-14-26-16-17-31(41-32(26)20-28)25-6-2-1-3-7-25)42-38(44(36)19-18-40-37)27-12-10-24(11-13-27)21-43-22-29-8-4-5-9-30(29)35(43)33(46)23-45/h1-9,14-20,22-24,27H,10-13,21H2,(H2,39,40). The van der Waals surface area contributed by atoms with Gasteiger partial charge in [0.05, 0.1) is 11.2 Å². The highest BCUT2D eigenvalue weighted by Crippen LogP contribution is 2.40. The molecule has 0 saturated heterocycles. The number of aldehydes is 1. The van der Waals surface area contributed by atoms with Crippen molar-refractivity contribution in [1.82, 2.24) is 23.9 Å². The SMILES string of the molecule is Nc1nccn2c(C3CCC(Cn4cc5ccccc5c4C(=O)C=O)CC3)nc(-c3ccc4ccc(-c5ccccc5)nc4c3)c12. The van der Waals surface area contributed by atoms with Gasteiger partial charge in [-0.15, -0.1) is 0 Å². The molecule has 8 nitrogen and oxygen atoms in total. The van der Waals surface area contributed by atoms with E-state index in [1.54, 1.807) is 6.20 Å². The maximum atomic E-state index is 12.6. The zero-order valence-corrected chi connectivity index (χ0v) is 25.2. The minimum Gasteiger partial charge on any atom is -0.382 e. The van der Waals surface area contributed by atoms with Gasteiger partial charge in [-0.1, -0.05) is 72.8 Å². The zero-order chi connectivity index (χ0) is 31.2. The molecule has 3 aromatic carbocycles. The van der Waals surface area contributed by atoms with Gasteiger partial charge in [-0.2, -0.15) is 0 Å². The fourth-order valence-corrected chi connectivity index (χ4v) is 7.18. The Kier molecular flexibility index (Phi) is 6.90. The molecular weight excluding hydrogens is 572 g/mol. The Bertz CT molecular complexity index is 2260. The van der Waals surface area contributed by atoms with E-state index >= 15 is 0 Å². The summed E-state index contributed by atoms with van der Waals surface area (Å²) >= 11 is 0. The first-order chi connectivity index (χ1) is 22.6. The summed E-state index contributed by atoms with van der Waals surface area (Å²) in [7, 11) is 0. The molecule has 0 unspecified atom stereocenters. The lowest BCUT2D eigenvalue weighted by Crippen LogP contribution is -2.21. The summed E-state index contributed by atoms with van der Waals surface area (Å²) in [6.07, 6.45) is 10.0. The lowest BCUT2D eigenvalue weighted by atomic mass is 9.81. The summed E-state index contributed by atoms with van der Waals surface area (Å²) in [5, 5.41) is 2.87. The van der Waals surface area contributed by atoms with Crippen LogP contribution in [0, 0.1) is 5.92 Å². The van der Waals surface area contributed by atoms with Crippen LogP contribution >= 0.6 is 0 Å². The number of Topliss-reactive ketones (excluding diaryl/α,β-unsaturated/α-hetero) is 1. The number of carbonyl (C=O) groups excluding carboxylic acids is 2. The number of aromatic nitrogens is 5. The van der Waals surface area contributed by atoms with Crippen molar-refractivity contribution in [3.63, 3.8) is 0 Å². The molecule has 0 bridgehead atoms. The Morgan fingerprint density at radius 3 is 2.48 bits per heavy atom. The molecule has 0 spiro atoms. The van der Waals surface area contributed by atoms with E-state index in [4.69, 9.17) is 15.7 Å². The molecule has 8 heteroatoms. The first kappa shape index (κ1) is 27.9. The fourth-order valence-electron chi connectivity index (χ4n) is 7.18. The largest absolute Gasteiger partial charge is 0.382 e. The van der Waals surface area contributed by atoms with Crippen molar-refractivity contribution in [2.75, 3.05) is 5.73 Å². The number of nitrogen functional groups attached to an aromatic ring is 1. The number of ketones is 1. The van der Waals surface area contributed by atoms with Gasteiger partial charge in [0.15, 0.2) is 6.29 Å². The summed E-state index contributed by atoms with van der Waals surface area (Å²) in [6, 6.07) is 28.4. The Balaban J connectivity index is 1.09. The molecule has 7 aromatic rings. The van der Waals surface area contributed by atoms with Crippen molar-refractivity contribution in [2.45, 2.75) is 38.1 Å². The summed E-state index contributed by atoms with van der Waals surface area (Å²) in [4.78, 5) is 38.7. The van der Waals surface area contributed by atoms with Gasteiger partial charge in [-0.3, -0.25) is 14.0 Å². The van der Waals surface area contributed by atoms with Gasteiger partial charge in [0.2, 0.25) is 5.78 Å². The molecule has 2 N–H and O–H groups in total. The first-order valence-corrected chi connectivity index (χ1v) is 15.7. The van der Waals surface area contributed by atoms with E-state index in [1.807, 2.05) is 59.4 Å². The molecular formula is C38H32N6O2. The highest BCUT2D eigenvalue weighted by Gasteiger charge is 2.29. The molecule has 1 aliphatic carbocycles. The highest BCUT2D eigenvalue weighted by atomic mass is 16.2. The molecule has 1 saturated carbocycles. The molecule has 0 radical (unpaired) electrons. The highest BCUT2D eigenvalue weighted by molar-refractivity contribution is 6.35. The molecule has 4 heterocycles. The Labute approximate surface area is 265 Å². The third-order valence-corrected chi connectivity index (χ3v) is 9.45. The molecule has 0 atom stereocenters. The van der Waals surface area contributed by atoms with E-state index in [0.29, 0.717) is 30.3 Å². The van der Waals surface area contributed by atoms with Crippen LogP contribution in [-0.2, 0) is 11.3 Å². The first-order valence-electron chi connectivity index (χ1n) is 15.7. The maximum absolute atomic E-state index is 12.6. The van der Waals surface area contributed by atoms with Crippen molar-refractivity contribution < 1.29 is 9.59 Å². The number of carbonyl (C=O) groups is 2. The van der Waals surface area contributed by atoms with Crippen LogP contribution in [0.5, 0.6) is 0 Å². The molecule has 1 aliphatic rings. The second-order valence-corrected chi connectivity index (χ2v) is 12.2. The van der Waals surface area contributed by atoms with Crippen LogP contribution in [0.15, 0.2) is 104 Å². The number of fused-ring (bicyclic) bond motifs is 3. The fraction of sp³-hybridized carbons (Fsp3) is 0.184. The molecule has 1 fully saturated rings. The second-order valence-electron chi connectivity index (χ2n) is 12.2. The lowest BCUT2D eigenvalue weighted by molar-refractivity contribution is -0.104. The van der Waals surface area contributed by atoms with Gasteiger partial charge in [0, 0.05) is 58.3 Å². The van der Waals surface area contributed by atoms with Gasteiger partial charge in [0.25, 0.3) is 0 Å². The predicted octanol–water partition coefficient (Wildman–Crippen LogP) is 7.50. The second kappa shape index (κ2) is 11.4. The van der Waals surface area contributed by atoms with Crippen molar-refractivity contribution in [3.05, 3.63) is 115 Å². The number of nitrogens with zero attached hydrogens (tertiary/aromatic N) is 5. The quantitative estimate of drug-likeness (QED) is 0.115. The topological polar surface area (TPSA) is 108 Å². The van der Waals surface area contributed by atoms with E-state index in [2.05, 4.69) is 51.8 Å². The van der Waals surface area contributed by atoms with Gasteiger partial charge in [-0.05, 0) is 43.7 Å². The number of anilines is 1. The third-order valence-electron chi connectivity index (χ3n) is 9.45. The van der Waals surface area contributed by atoms with Crippen molar-refractivity contribution in [3.8, 4) is 22.5 Å². The molecule has 4 aromatic heterocycles. The maximum Gasteiger partial charge on any atom is 0.242 e. The van der Waals surface area contributed by atoms with E-state index in [-0.39, 0.29) is 5.92 Å². The van der Waals surface area contributed by atoms with Crippen molar-refractivity contribution in [1.29, 1.82) is 0 Å². The van der Waals surface area contributed by atoms with E-state index in [9.17, 15) is 9.59 Å². The summed E-state index contributed by atoms with van der Waals surface area (Å²) in [5.74, 6) is 1.61. The predicted molar refractivity (Wildman–Crippen MR) is 181 cm³/mol. The van der Waals surface area contributed by atoms with Gasteiger partial charge in [-0.25, -0.2) is 15.0 Å². The van der Waals surface area contributed by atoms with Crippen LogP contribution < -0.4 is 5.73 Å². The molecule has 8 rings (SSSR count). The average molecular weight is 605 g/mol. The third kappa shape index (κ3) is 4.83. The summed E-state index contributed by atoms with van der Waals surface area (Å²) in [5.41, 5.74) is 12.5. The van der Waals surface area contributed by atoms with Crippen LogP contribution in [0.3, 0.4) is 0 Å². The molecule has 0 aliphatic heterocycles. The van der Waals surface area contributed by atoms with E-state index in [0.717, 1.165) is 81.2 Å². The van der Waals surface area contributed by atoms with Crippen LogP contribution in [0.1, 0.15) is 47.9 Å². The Hall–Kier alpha value is -5.63. The number of imidazole rings is 1. The smallest absolute Gasteiger partial charge is 0.242 e. The van der Waals surface area contributed by atoms with Crippen LogP contribution in [0.2, 0.25) is 0 Å². The van der Waals surface area contributed by atoms with Gasteiger partial charge >= 0.3 is 0 Å².